The molecule has 0 atom stereocenters. The van der Waals surface area contributed by atoms with Crippen LogP contribution >= 0.6 is 15.9 Å². The summed E-state index contributed by atoms with van der Waals surface area (Å²) in [6.45, 7) is 7.41. The number of benzene rings is 2. The zero-order chi connectivity index (χ0) is 24.4. The normalized spacial score (nSPS) is 14.9. The standard InChI is InChI=1S/C23H27BrF3N3O3/c1-22(2,3)33-21(31)30-10-8-29(9-11-30)19-12-15(17(24)13-18(19)28)14-32-20-7-5-4-6-16(20)23(25,26)27/h4-7,12-13H,8-11,14,28H2,1-3H3. The highest BCUT2D eigenvalue weighted by atomic mass is 79.9. The SMILES string of the molecule is CC(C)(C)OC(=O)N1CCN(c2cc(COc3ccccc3C(F)(F)F)c(Br)cc2N)CC1. The third kappa shape index (κ3) is 6.46. The van der Waals surface area contributed by atoms with Crippen molar-refractivity contribution >= 4 is 33.4 Å². The number of anilines is 2. The van der Waals surface area contributed by atoms with Crippen LogP contribution in [-0.4, -0.2) is 42.8 Å². The molecule has 1 saturated heterocycles. The van der Waals surface area contributed by atoms with Gasteiger partial charge >= 0.3 is 12.3 Å². The van der Waals surface area contributed by atoms with E-state index >= 15 is 0 Å². The van der Waals surface area contributed by atoms with Crippen LogP contribution in [-0.2, 0) is 17.5 Å². The highest BCUT2D eigenvalue weighted by molar-refractivity contribution is 9.10. The van der Waals surface area contributed by atoms with Gasteiger partial charge in [0, 0.05) is 36.2 Å². The molecule has 180 valence electrons. The van der Waals surface area contributed by atoms with E-state index in [2.05, 4.69) is 15.9 Å². The van der Waals surface area contributed by atoms with Gasteiger partial charge in [0.05, 0.1) is 16.9 Å². The molecule has 0 spiro atoms. The fourth-order valence-electron chi connectivity index (χ4n) is 3.44. The number of piperazine rings is 1. The number of ether oxygens (including phenoxy) is 2. The molecule has 1 aliphatic heterocycles. The molecule has 2 N–H and O–H groups in total. The van der Waals surface area contributed by atoms with Gasteiger partial charge in [-0.3, -0.25) is 0 Å². The predicted octanol–water partition coefficient (Wildman–Crippen LogP) is 5.69. The molecule has 2 aromatic carbocycles. The van der Waals surface area contributed by atoms with Gasteiger partial charge in [-0.1, -0.05) is 28.1 Å². The molecule has 3 rings (SSSR count). The number of rotatable bonds is 4. The molecule has 1 heterocycles. The first-order chi connectivity index (χ1) is 15.3. The van der Waals surface area contributed by atoms with E-state index in [1.165, 1.54) is 18.2 Å². The maximum absolute atomic E-state index is 13.2. The number of carbonyl (C=O) groups excluding carboxylic acids is 1. The number of hydrogen-bond donors (Lipinski definition) is 1. The maximum atomic E-state index is 13.2. The molecule has 0 aromatic heterocycles. The number of carbonyl (C=O) groups is 1. The summed E-state index contributed by atoms with van der Waals surface area (Å²) in [6.07, 6.45) is -4.86. The minimum absolute atomic E-state index is 0.0706. The molecule has 1 aliphatic rings. The fourth-order valence-corrected chi connectivity index (χ4v) is 3.92. The largest absolute Gasteiger partial charge is 0.488 e. The summed E-state index contributed by atoms with van der Waals surface area (Å²) in [5.74, 6) is -0.235. The summed E-state index contributed by atoms with van der Waals surface area (Å²) in [5.41, 5.74) is 6.75. The molecule has 0 unspecified atom stereocenters. The van der Waals surface area contributed by atoms with Gasteiger partial charge < -0.3 is 25.0 Å². The number of nitrogens with two attached hydrogens (primary N) is 1. The summed E-state index contributed by atoms with van der Waals surface area (Å²) in [4.78, 5) is 16.0. The highest BCUT2D eigenvalue weighted by Gasteiger charge is 2.34. The second-order valence-electron chi connectivity index (χ2n) is 8.74. The quantitative estimate of drug-likeness (QED) is 0.515. The Balaban J connectivity index is 1.71. The van der Waals surface area contributed by atoms with Crippen molar-refractivity contribution in [3.8, 4) is 5.75 Å². The van der Waals surface area contributed by atoms with E-state index in [0.717, 1.165) is 11.8 Å². The van der Waals surface area contributed by atoms with Crippen LogP contribution in [0.4, 0.5) is 29.3 Å². The van der Waals surface area contributed by atoms with Gasteiger partial charge in [0.25, 0.3) is 0 Å². The summed E-state index contributed by atoms with van der Waals surface area (Å²) < 4.78 is 51.3. The van der Waals surface area contributed by atoms with Crippen molar-refractivity contribution in [2.75, 3.05) is 36.8 Å². The van der Waals surface area contributed by atoms with E-state index in [4.69, 9.17) is 15.2 Å². The van der Waals surface area contributed by atoms with Crippen molar-refractivity contribution in [2.24, 2.45) is 0 Å². The minimum Gasteiger partial charge on any atom is -0.488 e. The van der Waals surface area contributed by atoms with E-state index in [0.29, 0.717) is 41.9 Å². The Morgan fingerprint density at radius 3 is 2.33 bits per heavy atom. The van der Waals surface area contributed by atoms with Crippen LogP contribution in [0.25, 0.3) is 0 Å². The topological polar surface area (TPSA) is 68.0 Å². The Bertz CT molecular complexity index is 1000. The molecule has 0 bridgehead atoms. The van der Waals surface area contributed by atoms with Crippen molar-refractivity contribution < 1.29 is 27.4 Å². The zero-order valence-corrected chi connectivity index (χ0v) is 20.3. The maximum Gasteiger partial charge on any atom is 0.419 e. The van der Waals surface area contributed by atoms with E-state index in [-0.39, 0.29) is 18.4 Å². The number of para-hydroxylation sites is 1. The summed E-state index contributed by atoms with van der Waals surface area (Å²) in [6, 6.07) is 8.62. The molecule has 33 heavy (non-hydrogen) atoms. The molecule has 1 amide bonds. The lowest BCUT2D eigenvalue weighted by atomic mass is 10.1. The van der Waals surface area contributed by atoms with E-state index in [9.17, 15) is 18.0 Å². The van der Waals surface area contributed by atoms with Crippen molar-refractivity contribution in [1.29, 1.82) is 0 Å². The number of alkyl halides is 3. The molecule has 2 aromatic rings. The van der Waals surface area contributed by atoms with Crippen LogP contribution < -0.4 is 15.4 Å². The van der Waals surface area contributed by atoms with Gasteiger partial charge in [-0.2, -0.15) is 13.2 Å². The first-order valence-corrected chi connectivity index (χ1v) is 11.2. The predicted molar refractivity (Wildman–Crippen MR) is 124 cm³/mol. The van der Waals surface area contributed by atoms with Crippen LogP contribution in [0.3, 0.4) is 0 Å². The van der Waals surface area contributed by atoms with Gasteiger partial charge in [0.1, 0.15) is 18.0 Å². The van der Waals surface area contributed by atoms with E-state index < -0.39 is 17.3 Å². The number of nitrogen functional groups attached to an aromatic ring is 1. The second-order valence-corrected chi connectivity index (χ2v) is 9.59. The molecule has 10 heteroatoms. The lowest BCUT2D eigenvalue weighted by Gasteiger charge is -2.37. The smallest absolute Gasteiger partial charge is 0.419 e. The van der Waals surface area contributed by atoms with Gasteiger partial charge in [-0.15, -0.1) is 0 Å². The van der Waals surface area contributed by atoms with Crippen molar-refractivity contribution in [1.82, 2.24) is 4.90 Å². The van der Waals surface area contributed by atoms with Gasteiger partial charge in [0.15, 0.2) is 0 Å². The highest BCUT2D eigenvalue weighted by Crippen LogP contribution is 2.37. The van der Waals surface area contributed by atoms with Gasteiger partial charge in [-0.25, -0.2) is 4.79 Å². The van der Waals surface area contributed by atoms with Crippen molar-refractivity contribution in [3.63, 3.8) is 0 Å². The van der Waals surface area contributed by atoms with Crippen LogP contribution in [0.2, 0.25) is 0 Å². The Morgan fingerprint density at radius 2 is 1.73 bits per heavy atom. The van der Waals surface area contributed by atoms with Crippen LogP contribution in [0, 0.1) is 0 Å². The summed E-state index contributed by atoms with van der Waals surface area (Å²) >= 11 is 3.42. The second kappa shape index (κ2) is 9.70. The first-order valence-electron chi connectivity index (χ1n) is 10.4. The minimum atomic E-state index is -4.51. The molecule has 6 nitrogen and oxygen atoms in total. The fraction of sp³-hybridized carbons (Fsp3) is 0.435. The lowest BCUT2D eigenvalue weighted by Crippen LogP contribution is -2.50. The Morgan fingerprint density at radius 1 is 1.09 bits per heavy atom. The van der Waals surface area contributed by atoms with Crippen molar-refractivity contribution in [3.05, 3.63) is 52.0 Å². The average molecular weight is 530 g/mol. The number of nitrogens with zero attached hydrogens (tertiary/aromatic N) is 2. The molecule has 0 saturated carbocycles. The third-order valence-corrected chi connectivity index (χ3v) is 5.78. The van der Waals surface area contributed by atoms with E-state index in [1.54, 1.807) is 17.0 Å². The number of halogens is 4. The van der Waals surface area contributed by atoms with Crippen LogP contribution in [0.15, 0.2) is 40.9 Å². The summed E-state index contributed by atoms with van der Waals surface area (Å²) in [5, 5.41) is 0. The monoisotopic (exact) mass is 529 g/mol. The van der Waals surface area contributed by atoms with Gasteiger partial charge in [0.2, 0.25) is 0 Å². The molecule has 0 aliphatic carbocycles. The zero-order valence-electron chi connectivity index (χ0n) is 18.7. The molecule has 1 fully saturated rings. The van der Waals surface area contributed by atoms with Crippen LogP contribution in [0.5, 0.6) is 5.75 Å². The van der Waals surface area contributed by atoms with E-state index in [1.807, 2.05) is 25.7 Å². The van der Waals surface area contributed by atoms with Crippen molar-refractivity contribution in [2.45, 2.75) is 39.2 Å². The Hall–Kier alpha value is -2.62. The third-order valence-electron chi connectivity index (χ3n) is 5.04. The number of hydrogen-bond acceptors (Lipinski definition) is 5. The first kappa shape index (κ1) is 25.0. The average Bonchev–Trinajstić information content (AvgIpc) is 2.71. The lowest BCUT2D eigenvalue weighted by molar-refractivity contribution is -0.139. The summed E-state index contributed by atoms with van der Waals surface area (Å²) in [7, 11) is 0. The van der Waals surface area contributed by atoms with Gasteiger partial charge in [-0.05, 0) is 45.0 Å². The molecular weight excluding hydrogens is 503 g/mol. The molecular formula is C23H27BrF3N3O3. The molecule has 0 radical (unpaired) electrons. The Kier molecular flexibility index (Phi) is 7.36. The van der Waals surface area contributed by atoms with Crippen LogP contribution in [0.1, 0.15) is 31.9 Å². The Labute approximate surface area is 199 Å². The number of amides is 1.